The molecule has 1 saturated carbocycles. The summed E-state index contributed by atoms with van der Waals surface area (Å²) in [6, 6.07) is -0.121. The Labute approximate surface area is 106 Å². The molecule has 0 aromatic rings. The standard InChI is InChI=1S/C12H21N3O3/c13-10(14-18)12(5-6-12)11(17)15-7-3-1-2-4-9(15)8-16/h9,16,18H,1-8H2,(H2,13,14). The molecule has 1 atom stereocenters. The molecule has 0 aromatic carbocycles. The van der Waals surface area contributed by atoms with Crippen molar-refractivity contribution in [3.8, 4) is 0 Å². The lowest BCUT2D eigenvalue weighted by Gasteiger charge is -2.31. The monoisotopic (exact) mass is 255 g/mol. The van der Waals surface area contributed by atoms with E-state index in [1.165, 1.54) is 0 Å². The zero-order valence-electron chi connectivity index (χ0n) is 10.5. The van der Waals surface area contributed by atoms with Crippen LogP contribution in [0.1, 0.15) is 38.5 Å². The number of aliphatic hydroxyl groups excluding tert-OH is 1. The van der Waals surface area contributed by atoms with Gasteiger partial charge in [0.05, 0.1) is 12.6 Å². The van der Waals surface area contributed by atoms with Gasteiger partial charge in [-0.3, -0.25) is 4.79 Å². The van der Waals surface area contributed by atoms with Crippen molar-refractivity contribution in [3.05, 3.63) is 0 Å². The molecule has 102 valence electrons. The van der Waals surface area contributed by atoms with Crippen molar-refractivity contribution in [1.82, 2.24) is 4.90 Å². The van der Waals surface area contributed by atoms with Gasteiger partial charge in [-0.2, -0.15) is 0 Å². The number of aliphatic hydroxyl groups is 1. The van der Waals surface area contributed by atoms with Gasteiger partial charge in [0.15, 0.2) is 5.84 Å². The molecule has 2 rings (SSSR count). The third-order valence-electron chi connectivity index (χ3n) is 4.11. The minimum absolute atomic E-state index is 0.00781. The zero-order valence-corrected chi connectivity index (χ0v) is 10.5. The van der Waals surface area contributed by atoms with E-state index >= 15 is 0 Å². The Morgan fingerprint density at radius 3 is 2.67 bits per heavy atom. The minimum Gasteiger partial charge on any atom is -0.409 e. The third kappa shape index (κ3) is 2.16. The first kappa shape index (κ1) is 13.1. The van der Waals surface area contributed by atoms with Crippen LogP contribution in [0.4, 0.5) is 0 Å². The third-order valence-corrected chi connectivity index (χ3v) is 4.11. The maximum absolute atomic E-state index is 12.5. The summed E-state index contributed by atoms with van der Waals surface area (Å²) >= 11 is 0. The molecule has 2 aliphatic rings. The van der Waals surface area contributed by atoms with Gasteiger partial charge in [0, 0.05) is 6.54 Å². The van der Waals surface area contributed by atoms with Crippen LogP contribution in [0, 0.1) is 5.41 Å². The lowest BCUT2D eigenvalue weighted by molar-refractivity contribution is -0.137. The van der Waals surface area contributed by atoms with E-state index in [0.29, 0.717) is 19.4 Å². The van der Waals surface area contributed by atoms with Crippen molar-refractivity contribution in [3.63, 3.8) is 0 Å². The summed E-state index contributed by atoms with van der Waals surface area (Å²) in [6.45, 7) is 0.641. The second-order valence-electron chi connectivity index (χ2n) is 5.25. The lowest BCUT2D eigenvalue weighted by atomic mass is 10.0. The van der Waals surface area contributed by atoms with E-state index < -0.39 is 5.41 Å². The fourth-order valence-corrected chi connectivity index (χ4v) is 2.71. The van der Waals surface area contributed by atoms with E-state index in [1.807, 2.05) is 0 Å². The van der Waals surface area contributed by atoms with E-state index in [9.17, 15) is 9.90 Å². The number of amides is 1. The molecule has 6 nitrogen and oxygen atoms in total. The molecule has 1 amide bonds. The van der Waals surface area contributed by atoms with Crippen LogP contribution < -0.4 is 5.73 Å². The largest absolute Gasteiger partial charge is 0.409 e. The number of carbonyl (C=O) groups excluding carboxylic acids is 1. The van der Waals surface area contributed by atoms with Crippen LogP contribution in [0.5, 0.6) is 0 Å². The van der Waals surface area contributed by atoms with Crippen LogP contribution >= 0.6 is 0 Å². The Morgan fingerprint density at radius 1 is 1.39 bits per heavy atom. The van der Waals surface area contributed by atoms with Crippen molar-refractivity contribution in [2.24, 2.45) is 16.3 Å². The van der Waals surface area contributed by atoms with Crippen molar-refractivity contribution in [2.45, 2.75) is 44.6 Å². The number of amidine groups is 1. The first-order valence-electron chi connectivity index (χ1n) is 6.55. The van der Waals surface area contributed by atoms with Gasteiger partial charge in [-0.05, 0) is 25.7 Å². The van der Waals surface area contributed by atoms with E-state index in [4.69, 9.17) is 10.9 Å². The van der Waals surface area contributed by atoms with E-state index in [0.717, 1.165) is 25.7 Å². The number of carbonyl (C=O) groups is 1. The first-order chi connectivity index (χ1) is 8.65. The molecule has 0 aromatic heterocycles. The summed E-state index contributed by atoms with van der Waals surface area (Å²) in [5.74, 6) is -0.0767. The van der Waals surface area contributed by atoms with Crippen LogP contribution in [0.2, 0.25) is 0 Å². The molecule has 0 bridgehead atoms. The smallest absolute Gasteiger partial charge is 0.236 e. The second-order valence-corrected chi connectivity index (χ2v) is 5.25. The highest BCUT2D eigenvalue weighted by Gasteiger charge is 2.56. The topological polar surface area (TPSA) is 99.2 Å². The van der Waals surface area contributed by atoms with Crippen molar-refractivity contribution < 1.29 is 15.1 Å². The molecule has 2 fully saturated rings. The SMILES string of the molecule is NC(=NO)C1(C(=O)N2CCCCCC2CO)CC1. The second kappa shape index (κ2) is 5.14. The van der Waals surface area contributed by atoms with Crippen molar-refractivity contribution in [2.75, 3.05) is 13.2 Å². The fourth-order valence-electron chi connectivity index (χ4n) is 2.71. The van der Waals surface area contributed by atoms with Gasteiger partial charge in [-0.25, -0.2) is 0 Å². The van der Waals surface area contributed by atoms with Gasteiger partial charge >= 0.3 is 0 Å². The van der Waals surface area contributed by atoms with Gasteiger partial charge in [-0.1, -0.05) is 18.0 Å². The molecule has 1 saturated heterocycles. The van der Waals surface area contributed by atoms with Gasteiger partial charge < -0.3 is 20.9 Å². The summed E-state index contributed by atoms with van der Waals surface area (Å²) < 4.78 is 0. The highest BCUT2D eigenvalue weighted by atomic mass is 16.4. The Hall–Kier alpha value is -1.30. The molecule has 1 aliphatic carbocycles. The number of nitrogens with zero attached hydrogens (tertiary/aromatic N) is 2. The molecule has 1 aliphatic heterocycles. The molecule has 1 heterocycles. The van der Waals surface area contributed by atoms with Crippen LogP contribution in [0.3, 0.4) is 0 Å². The number of oxime groups is 1. The van der Waals surface area contributed by atoms with Crippen molar-refractivity contribution >= 4 is 11.7 Å². The number of likely N-dealkylation sites (tertiary alicyclic amines) is 1. The first-order valence-corrected chi connectivity index (χ1v) is 6.55. The molecule has 1 unspecified atom stereocenters. The minimum atomic E-state index is -0.799. The summed E-state index contributed by atoms with van der Waals surface area (Å²) in [5, 5.41) is 21.2. The number of nitrogens with two attached hydrogens (primary N) is 1. The normalized spacial score (nSPS) is 27.7. The highest BCUT2D eigenvalue weighted by Crippen LogP contribution is 2.48. The van der Waals surface area contributed by atoms with E-state index in [-0.39, 0.29) is 24.4 Å². The van der Waals surface area contributed by atoms with Gasteiger partial charge in [0.1, 0.15) is 5.41 Å². The Balaban J connectivity index is 2.16. The van der Waals surface area contributed by atoms with Crippen LogP contribution in [-0.4, -0.2) is 46.1 Å². The molecule has 0 spiro atoms. The zero-order chi connectivity index (χ0) is 13.2. The molecular formula is C12H21N3O3. The average molecular weight is 255 g/mol. The predicted octanol–water partition coefficient (Wildman–Crippen LogP) is 0.276. The maximum atomic E-state index is 12.5. The van der Waals surface area contributed by atoms with Crippen LogP contribution in [0.15, 0.2) is 5.16 Å². The molecule has 18 heavy (non-hydrogen) atoms. The van der Waals surface area contributed by atoms with Gasteiger partial charge in [0.2, 0.25) is 5.91 Å². The Morgan fingerprint density at radius 2 is 2.11 bits per heavy atom. The van der Waals surface area contributed by atoms with Gasteiger partial charge in [-0.15, -0.1) is 0 Å². The number of hydrogen-bond donors (Lipinski definition) is 3. The van der Waals surface area contributed by atoms with Crippen LogP contribution in [-0.2, 0) is 4.79 Å². The van der Waals surface area contributed by atoms with E-state index in [1.54, 1.807) is 4.90 Å². The van der Waals surface area contributed by atoms with Crippen LogP contribution in [0.25, 0.3) is 0 Å². The summed E-state index contributed by atoms with van der Waals surface area (Å²) in [6.07, 6.45) is 5.16. The summed E-state index contributed by atoms with van der Waals surface area (Å²) in [5.41, 5.74) is 4.84. The van der Waals surface area contributed by atoms with Gasteiger partial charge in [0.25, 0.3) is 0 Å². The predicted molar refractivity (Wildman–Crippen MR) is 66.1 cm³/mol. The molecule has 0 radical (unpaired) electrons. The fraction of sp³-hybridized carbons (Fsp3) is 0.833. The molecular weight excluding hydrogens is 234 g/mol. The summed E-state index contributed by atoms with van der Waals surface area (Å²) in [4.78, 5) is 14.3. The maximum Gasteiger partial charge on any atom is 0.236 e. The highest BCUT2D eigenvalue weighted by molar-refractivity contribution is 6.09. The average Bonchev–Trinajstić information content (AvgIpc) is 3.20. The van der Waals surface area contributed by atoms with E-state index in [2.05, 4.69) is 5.16 Å². The molecule has 6 heteroatoms. The Kier molecular flexibility index (Phi) is 3.75. The number of rotatable bonds is 3. The Bertz CT molecular complexity index is 352. The number of hydrogen-bond acceptors (Lipinski definition) is 4. The molecule has 4 N–H and O–H groups in total. The summed E-state index contributed by atoms with van der Waals surface area (Å²) in [7, 11) is 0. The quantitative estimate of drug-likeness (QED) is 0.292. The lowest BCUT2D eigenvalue weighted by Crippen LogP contribution is -2.49. The van der Waals surface area contributed by atoms with Crippen molar-refractivity contribution in [1.29, 1.82) is 0 Å².